The second-order valence-corrected chi connectivity index (χ2v) is 2.53. The van der Waals surface area contributed by atoms with Gasteiger partial charge in [0.25, 0.3) is 5.69 Å². The summed E-state index contributed by atoms with van der Waals surface area (Å²) in [5.74, 6) is -0.770. The molecule has 1 rings (SSSR count). The summed E-state index contributed by atoms with van der Waals surface area (Å²) in [7, 11) is 0. The van der Waals surface area contributed by atoms with Gasteiger partial charge in [0.1, 0.15) is 5.82 Å². The van der Waals surface area contributed by atoms with Crippen molar-refractivity contribution in [2.24, 2.45) is 4.99 Å². The van der Waals surface area contributed by atoms with Crippen LogP contribution in [-0.4, -0.2) is 11.0 Å². The molecule has 0 heterocycles. The van der Waals surface area contributed by atoms with E-state index in [1.807, 2.05) is 0 Å². The Bertz CT molecular complexity index is 438. The van der Waals surface area contributed by atoms with Crippen LogP contribution in [0.25, 0.3) is 0 Å². The molecule has 0 spiro atoms. The molecule has 1 aromatic carbocycles. The molecule has 0 aliphatic rings. The molecule has 0 amide bonds. The van der Waals surface area contributed by atoms with E-state index in [1.54, 1.807) is 0 Å². The normalized spacial score (nSPS) is 9.29. The van der Waals surface area contributed by atoms with Gasteiger partial charge in [-0.15, -0.1) is 0 Å². The minimum Gasteiger partial charge on any atom is -0.258 e. The van der Waals surface area contributed by atoms with Gasteiger partial charge < -0.3 is 0 Å². The molecule has 0 radical (unpaired) electrons. The zero-order valence-corrected chi connectivity index (χ0v) is 7.15. The largest absolute Gasteiger partial charge is 0.274 e. The summed E-state index contributed by atoms with van der Waals surface area (Å²) in [4.78, 5) is 22.7. The van der Waals surface area contributed by atoms with Gasteiger partial charge in [0.15, 0.2) is 0 Å². The number of nitrogens with zero attached hydrogens (tertiary/aromatic N) is 2. The smallest absolute Gasteiger partial charge is 0.258 e. The summed E-state index contributed by atoms with van der Waals surface area (Å²) >= 11 is 0. The topological polar surface area (TPSA) is 72.6 Å². The molecule has 72 valence electrons. The van der Waals surface area contributed by atoms with Crippen molar-refractivity contribution in [2.45, 2.75) is 6.92 Å². The Morgan fingerprint density at radius 1 is 1.57 bits per heavy atom. The average molecular weight is 196 g/mol. The molecule has 0 atom stereocenters. The monoisotopic (exact) mass is 196 g/mol. The first kappa shape index (κ1) is 10.0. The van der Waals surface area contributed by atoms with Crippen molar-refractivity contribution in [1.82, 2.24) is 0 Å². The number of hydrogen-bond donors (Lipinski definition) is 0. The highest BCUT2D eigenvalue weighted by molar-refractivity contribution is 5.58. The first-order chi connectivity index (χ1) is 6.56. The molecular weight excluding hydrogens is 191 g/mol. The number of halogens is 1. The van der Waals surface area contributed by atoms with Crippen LogP contribution in [0.5, 0.6) is 0 Å². The summed E-state index contributed by atoms with van der Waals surface area (Å²) in [6.07, 6.45) is 1.20. The molecule has 5 nitrogen and oxygen atoms in total. The van der Waals surface area contributed by atoms with Crippen LogP contribution in [0.1, 0.15) is 5.56 Å². The van der Waals surface area contributed by atoms with Gasteiger partial charge in [-0.05, 0) is 6.92 Å². The third-order valence-corrected chi connectivity index (χ3v) is 1.68. The van der Waals surface area contributed by atoms with Gasteiger partial charge >= 0.3 is 0 Å². The predicted octanol–water partition coefficient (Wildman–Crippen LogP) is 2.01. The molecule has 0 bridgehead atoms. The highest BCUT2D eigenvalue weighted by Gasteiger charge is 2.13. The Morgan fingerprint density at radius 3 is 2.71 bits per heavy atom. The Morgan fingerprint density at radius 2 is 2.21 bits per heavy atom. The maximum Gasteiger partial charge on any atom is 0.274 e. The zero-order chi connectivity index (χ0) is 10.7. The lowest BCUT2D eigenvalue weighted by Crippen LogP contribution is -1.91. The summed E-state index contributed by atoms with van der Waals surface area (Å²) in [5.41, 5.74) is -0.437. The molecular formula is C8H5FN2O3. The number of nitro groups is 1. The number of non-ortho nitro benzene ring substituents is 1. The van der Waals surface area contributed by atoms with Gasteiger partial charge in [-0.2, -0.15) is 4.99 Å². The van der Waals surface area contributed by atoms with Crippen LogP contribution in [0.3, 0.4) is 0 Å². The van der Waals surface area contributed by atoms with E-state index in [2.05, 4.69) is 4.99 Å². The lowest BCUT2D eigenvalue weighted by molar-refractivity contribution is -0.385. The Balaban J connectivity index is 3.42. The van der Waals surface area contributed by atoms with E-state index in [1.165, 1.54) is 13.0 Å². The fraction of sp³-hybridized carbons (Fsp3) is 0.125. The molecule has 6 heteroatoms. The van der Waals surface area contributed by atoms with Gasteiger partial charge in [-0.25, -0.2) is 9.18 Å². The van der Waals surface area contributed by atoms with Crippen molar-refractivity contribution in [3.05, 3.63) is 33.6 Å². The van der Waals surface area contributed by atoms with Crippen LogP contribution >= 0.6 is 0 Å². The van der Waals surface area contributed by atoms with E-state index in [4.69, 9.17) is 0 Å². The summed E-state index contributed by atoms with van der Waals surface area (Å²) in [6, 6.07) is 1.79. The Hall–Kier alpha value is -2.07. The molecule has 0 aromatic heterocycles. The standard InChI is InChI=1S/C8H5FN2O3/c1-5-7(9)2-6(11(13)14)3-8(5)10-4-12/h2-3H,1H3. The third kappa shape index (κ3) is 1.81. The number of hydrogen-bond acceptors (Lipinski definition) is 4. The second-order valence-electron chi connectivity index (χ2n) is 2.53. The van der Waals surface area contributed by atoms with Crippen LogP contribution in [0, 0.1) is 22.9 Å². The van der Waals surface area contributed by atoms with Crippen molar-refractivity contribution in [3.63, 3.8) is 0 Å². The number of benzene rings is 1. The van der Waals surface area contributed by atoms with Crippen LogP contribution in [-0.2, 0) is 4.79 Å². The van der Waals surface area contributed by atoms with Gasteiger partial charge in [0.05, 0.1) is 16.7 Å². The van der Waals surface area contributed by atoms with E-state index in [-0.39, 0.29) is 11.3 Å². The molecule has 0 aliphatic heterocycles. The first-order valence-corrected chi connectivity index (χ1v) is 3.58. The first-order valence-electron chi connectivity index (χ1n) is 3.58. The maximum absolute atomic E-state index is 13.0. The highest BCUT2D eigenvalue weighted by atomic mass is 19.1. The average Bonchev–Trinajstić information content (AvgIpc) is 2.12. The summed E-state index contributed by atoms with van der Waals surface area (Å²) < 4.78 is 13.0. The molecule has 0 aliphatic carbocycles. The minimum atomic E-state index is -0.770. The number of nitro benzene ring substituents is 1. The van der Waals surface area contributed by atoms with Gasteiger partial charge in [-0.3, -0.25) is 10.1 Å². The number of rotatable bonds is 2. The molecule has 0 unspecified atom stereocenters. The van der Waals surface area contributed by atoms with E-state index in [9.17, 15) is 19.3 Å². The van der Waals surface area contributed by atoms with E-state index in [0.29, 0.717) is 0 Å². The van der Waals surface area contributed by atoms with Crippen molar-refractivity contribution < 1.29 is 14.1 Å². The fourth-order valence-electron chi connectivity index (χ4n) is 0.921. The molecule has 14 heavy (non-hydrogen) atoms. The lowest BCUT2D eigenvalue weighted by atomic mass is 10.2. The predicted molar refractivity (Wildman–Crippen MR) is 45.6 cm³/mol. The second kappa shape index (κ2) is 3.76. The Kier molecular flexibility index (Phi) is 2.69. The number of carbonyl (C=O) groups excluding carboxylic acids is 1. The number of isocyanates is 1. The summed E-state index contributed by atoms with van der Waals surface area (Å²) in [6.45, 7) is 1.37. The van der Waals surface area contributed by atoms with Crippen molar-refractivity contribution in [3.8, 4) is 0 Å². The van der Waals surface area contributed by atoms with Crippen molar-refractivity contribution >= 4 is 17.5 Å². The van der Waals surface area contributed by atoms with Crippen LogP contribution in [0.2, 0.25) is 0 Å². The van der Waals surface area contributed by atoms with E-state index in [0.717, 1.165) is 12.1 Å². The quantitative estimate of drug-likeness (QED) is 0.314. The van der Waals surface area contributed by atoms with Gasteiger partial charge in [0.2, 0.25) is 6.08 Å². The minimum absolute atomic E-state index is 0.0771. The third-order valence-electron chi connectivity index (χ3n) is 1.68. The summed E-state index contributed by atoms with van der Waals surface area (Å²) in [5, 5.41) is 10.3. The molecule has 1 aromatic rings. The van der Waals surface area contributed by atoms with Gasteiger partial charge in [0, 0.05) is 11.6 Å². The SMILES string of the molecule is Cc1c(F)cc([N+](=O)[O-])cc1N=C=O. The number of aliphatic imine (C=N–C) groups is 1. The molecule has 0 fully saturated rings. The highest BCUT2D eigenvalue weighted by Crippen LogP contribution is 2.26. The van der Waals surface area contributed by atoms with Crippen LogP contribution in [0.4, 0.5) is 15.8 Å². The molecule has 0 N–H and O–H groups in total. The molecule has 0 saturated heterocycles. The van der Waals surface area contributed by atoms with Crippen LogP contribution in [0.15, 0.2) is 17.1 Å². The zero-order valence-electron chi connectivity index (χ0n) is 7.15. The van der Waals surface area contributed by atoms with Crippen molar-refractivity contribution in [2.75, 3.05) is 0 Å². The molecule has 0 saturated carbocycles. The van der Waals surface area contributed by atoms with Gasteiger partial charge in [-0.1, -0.05) is 0 Å². The van der Waals surface area contributed by atoms with Crippen molar-refractivity contribution in [1.29, 1.82) is 0 Å². The van der Waals surface area contributed by atoms with Crippen LogP contribution < -0.4 is 0 Å². The Labute approximate surface area is 78.0 Å². The fourth-order valence-corrected chi connectivity index (χ4v) is 0.921. The van der Waals surface area contributed by atoms with E-state index < -0.39 is 16.4 Å². The van der Waals surface area contributed by atoms with E-state index >= 15 is 0 Å². The maximum atomic E-state index is 13.0. The lowest BCUT2D eigenvalue weighted by Gasteiger charge is -1.99.